The summed E-state index contributed by atoms with van der Waals surface area (Å²) in [6.07, 6.45) is -1.75. The summed E-state index contributed by atoms with van der Waals surface area (Å²) >= 11 is 0. The predicted octanol–water partition coefficient (Wildman–Crippen LogP) is 0.387. The van der Waals surface area contributed by atoms with E-state index in [0.29, 0.717) is 13.2 Å². The molecule has 3 atom stereocenters. The first-order valence-corrected chi connectivity index (χ1v) is 6.49. The van der Waals surface area contributed by atoms with Gasteiger partial charge < -0.3 is 19.7 Å². The highest BCUT2D eigenvalue weighted by Gasteiger charge is 2.33. The molecule has 0 amide bonds. The van der Waals surface area contributed by atoms with Crippen LogP contribution in [0, 0.1) is 5.82 Å². The number of aliphatic hydroxyl groups is 2. The lowest BCUT2D eigenvalue weighted by atomic mass is 10.0. The van der Waals surface area contributed by atoms with Gasteiger partial charge in [0, 0.05) is 6.54 Å². The van der Waals surface area contributed by atoms with Crippen LogP contribution in [-0.4, -0.2) is 60.7 Å². The van der Waals surface area contributed by atoms with E-state index in [-0.39, 0.29) is 18.4 Å². The molecule has 2 rings (SSSR count). The van der Waals surface area contributed by atoms with Gasteiger partial charge in [-0.2, -0.15) is 0 Å². The molecule has 1 heterocycles. The van der Waals surface area contributed by atoms with E-state index < -0.39 is 18.0 Å². The number of ether oxygens (including phenoxy) is 2. The Kier molecular flexibility index (Phi) is 4.93. The SMILES string of the molecule is COc1ccc(CN(C)[C@@H]2COC[C@@H](O)[C@H]2O)cc1F. The molecule has 1 aromatic carbocycles. The van der Waals surface area contributed by atoms with Gasteiger partial charge in [0.05, 0.1) is 32.5 Å². The summed E-state index contributed by atoms with van der Waals surface area (Å²) < 4.78 is 23.7. The molecule has 0 unspecified atom stereocenters. The molecule has 6 heteroatoms. The van der Waals surface area contributed by atoms with Gasteiger partial charge in [0.25, 0.3) is 0 Å². The number of likely N-dealkylation sites (N-methyl/N-ethyl adjacent to an activating group) is 1. The van der Waals surface area contributed by atoms with Gasteiger partial charge in [-0.1, -0.05) is 6.07 Å². The van der Waals surface area contributed by atoms with E-state index in [2.05, 4.69) is 0 Å². The summed E-state index contributed by atoms with van der Waals surface area (Å²) in [5.41, 5.74) is 0.762. The van der Waals surface area contributed by atoms with Crippen molar-refractivity contribution in [2.45, 2.75) is 24.8 Å². The van der Waals surface area contributed by atoms with Crippen molar-refractivity contribution >= 4 is 0 Å². The van der Waals surface area contributed by atoms with E-state index in [1.807, 2.05) is 4.90 Å². The van der Waals surface area contributed by atoms with Crippen molar-refractivity contribution in [2.24, 2.45) is 0 Å². The van der Waals surface area contributed by atoms with Gasteiger partial charge in [-0.3, -0.25) is 4.90 Å². The standard InChI is InChI=1S/C14H20FNO4/c1-16(11-7-20-8-12(17)14(11)18)6-9-3-4-13(19-2)10(15)5-9/h3-5,11-12,14,17-18H,6-8H2,1-2H3/t11-,12-,14+/m1/s1. The molecule has 1 aliphatic heterocycles. The number of benzene rings is 1. The highest BCUT2D eigenvalue weighted by Crippen LogP contribution is 2.20. The molecule has 112 valence electrons. The summed E-state index contributed by atoms with van der Waals surface area (Å²) in [5.74, 6) is -0.216. The number of rotatable bonds is 4. The fraction of sp³-hybridized carbons (Fsp3) is 0.571. The first-order chi connectivity index (χ1) is 9.52. The molecule has 1 aliphatic rings. The molecular formula is C14H20FNO4. The third-order valence-corrected chi connectivity index (χ3v) is 3.58. The molecule has 0 spiro atoms. The Balaban J connectivity index is 2.03. The number of methoxy groups -OCH3 is 1. The second-order valence-electron chi connectivity index (χ2n) is 5.05. The monoisotopic (exact) mass is 285 g/mol. The Morgan fingerprint density at radius 1 is 1.40 bits per heavy atom. The molecule has 5 nitrogen and oxygen atoms in total. The molecule has 1 saturated heterocycles. The quantitative estimate of drug-likeness (QED) is 0.838. The normalized spacial score (nSPS) is 26.8. The third-order valence-electron chi connectivity index (χ3n) is 3.58. The van der Waals surface area contributed by atoms with Gasteiger partial charge in [-0.05, 0) is 24.7 Å². The second kappa shape index (κ2) is 6.49. The zero-order valence-electron chi connectivity index (χ0n) is 11.6. The van der Waals surface area contributed by atoms with E-state index in [9.17, 15) is 14.6 Å². The smallest absolute Gasteiger partial charge is 0.165 e. The summed E-state index contributed by atoms with van der Waals surface area (Å²) in [6.45, 7) is 0.925. The summed E-state index contributed by atoms with van der Waals surface area (Å²) in [4.78, 5) is 1.84. The molecule has 0 saturated carbocycles. The van der Waals surface area contributed by atoms with Gasteiger partial charge in [0.15, 0.2) is 11.6 Å². The maximum Gasteiger partial charge on any atom is 0.165 e. The largest absolute Gasteiger partial charge is 0.494 e. The first-order valence-electron chi connectivity index (χ1n) is 6.49. The summed E-state index contributed by atoms with van der Waals surface area (Å²) in [7, 11) is 3.22. The van der Waals surface area contributed by atoms with Crippen molar-refractivity contribution in [1.29, 1.82) is 0 Å². The van der Waals surface area contributed by atoms with Crippen molar-refractivity contribution in [1.82, 2.24) is 4.90 Å². The van der Waals surface area contributed by atoms with Crippen molar-refractivity contribution in [3.05, 3.63) is 29.6 Å². The van der Waals surface area contributed by atoms with E-state index in [1.165, 1.54) is 13.2 Å². The molecule has 0 aliphatic carbocycles. The van der Waals surface area contributed by atoms with E-state index >= 15 is 0 Å². The van der Waals surface area contributed by atoms with Crippen LogP contribution in [0.3, 0.4) is 0 Å². The Morgan fingerprint density at radius 2 is 2.15 bits per heavy atom. The molecule has 20 heavy (non-hydrogen) atoms. The minimum Gasteiger partial charge on any atom is -0.494 e. The molecule has 1 fully saturated rings. The minimum atomic E-state index is -0.885. The lowest BCUT2D eigenvalue weighted by molar-refractivity contribution is -0.130. The van der Waals surface area contributed by atoms with Gasteiger partial charge in [-0.25, -0.2) is 4.39 Å². The highest BCUT2D eigenvalue weighted by atomic mass is 19.1. The number of hydrogen-bond donors (Lipinski definition) is 2. The van der Waals surface area contributed by atoms with Crippen LogP contribution in [0.15, 0.2) is 18.2 Å². The minimum absolute atomic E-state index is 0.142. The van der Waals surface area contributed by atoms with Crippen molar-refractivity contribution in [3.8, 4) is 5.75 Å². The Morgan fingerprint density at radius 3 is 2.80 bits per heavy atom. The van der Waals surface area contributed by atoms with Crippen LogP contribution in [0.2, 0.25) is 0 Å². The molecule has 0 aromatic heterocycles. The van der Waals surface area contributed by atoms with Crippen LogP contribution >= 0.6 is 0 Å². The lowest BCUT2D eigenvalue weighted by Crippen LogP contribution is -2.54. The maximum absolute atomic E-state index is 13.6. The average Bonchev–Trinajstić information content (AvgIpc) is 2.42. The van der Waals surface area contributed by atoms with Crippen molar-refractivity contribution in [2.75, 3.05) is 27.4 Å². The van der Waals surface area contributed by atoms with Gasteiger partial charge in [0.1, 0.15) is 6.10 Å². The number of aliphatic hydroxyl groups excluding tert-OH is 2. The van der Waals surface area contributed by atoms with E-state index in [0.717, 1.165) is 5.56 Å². The Bertz CT molecular complexity index is 457. The number of halogens is 1. The number of nitrogens with zero attached hydrogens (tertiary/aromatic N) is 1. The first kappa shape index (κ1) is 15.2. The second-order valence-corrected chi connectivity index (χ2v) is 5.05. The maximum atomic E-state index is 13.6. The van der Waals surface area contributed by atoms with Gasteiger partial charge in [-0.15, -0.1) is 0 Å². The van der Waals surface area contributed by atoms with Crippen LogP contribution in [0.25, 0.3) is 0 Å². The summed E-state index contributed by atoms with van der Waals surface area (Å²) in [5, 5.41) is 19.6. The lowest BCUT2D eigenvalue weighted by Gasteiger charge is -2.37. The number of hydrogen-bond acceptors (Lipinski definition) is 5. The third kappa shape index (κ3) is 3.27. The van der Waals surface area contributed by atoms with Crippen LogP contribution in [-0.2, 0) is 11.3 Å². The van der Waals surface area contributed by atoms with Crippen LogP contribution in [0.5, 0.6) is 5.75 Å². The molecule has 1 aromatic rings. The zero-order valence-corrected chi connectivity index (χ0v) is 11.6. The predicted molar refractivity (Wildman–Crippen MR) is 71.0 cm³/mol. The Labute approximate surface area is 117 Å². The Hall–Kier alpha value is -1.21. The average molecular weight is 285 g/mol. The van der Waals surface area contributed by atoms with Gasteiger partial charge >= 0.3 is 0 Å². The summed E-state index contributed by atoms with van der Waals surface area (Å²) in [6, 6.07) is 4.43. The van der Waals surface area contributed by atoms with Crippen LogP contribution < -0.4 is 4.74 Å². The van der Waals surface area contributed by atoms with E-state index in [1.54, 1.807) is 19.2 Å². The molecule has 0 radical (unpaired) electrons. The topological polar surface area (TPSA) is 62.2 Å². The molecule has 2 N–H and O–H groups in total. The van der Waals surface area contributed by atoms with Crippen molar-refractivity contribution < 1.29 is 24.1 Å². The van der Waals surface area contributed by atoms with E-state index in [4.69, 9.17) is 9.47 Å². The molecular weight excluding hydrogens is 265 g/mol. The zero-order chi connectivity index (χ0) is 14.7. The fourth-order valence-corrected chi connectivity index (χ4v) is 2.36. The van der Waals surface area contributed by atoms with Crippen LogP contribution in [0.4, 0.5) is 4.39 Å². The van der Waals surface area contributed by atoms with Crippen LogP contribution in [0.1, 0.15) is 5.56 Å². The van der Waals surface area contributed by atoms with Gasteiger partial charge in [0.2, 0.25) is 0 Å². The fourth-order valence-electron chi connectivity index (χ4n) is 2.36. The highest BCUT2D eigenvalue weighted by molar-refractivity contribution is 5.29. The molecule has 0 bridgehead atoms. The van der Waals surface area contributed by atoms with Crippen molar-refractivity contribution in [3.63, 3.8) is 0 Å².